The minimum atomic E-state index is -0.117. The predicted molar refractivity (Wildman–Crippen MR) is 126 cm³/mol. The van der Waals surface area contributed by atoms with Crippen LogP contribution in [0, 0.1) is 6.92 Å². The number of nitrogens with zero attached hydrogens (tertiary/aromatic N) is 3. The standard InChI is InChI=1S/C24H28N4O3S/c1-16-20-10-5-4-7-17(20)11-12-21(16)31-14-22-26-27-24(28(22)2)32-15-23(29)25-18-8-6-9-19(13-18)30-3/h6,8-9,11-13H,4-5,7,10,14-15H2,1-3H3,(H,25,29). The molecule has 0 radical (unpaired) electrons. The molecule has 0 aliphatic heterocycles. The number of aryl methyl sites for hydroxylation is 1. The van der Waals surface area contributed by atoms with Crippen molar-refractivity contribution in [1.82, 2.24) is 14.8 Å². The molecule has 2 aromatic carbocycles. The van der Waals surface area contributed by atoms with Crippen molar-refractivity contribution >= 4 is 23.4 Å². The molecular weight excluding hydrogens is 424 g/mol. The highest BCUT2D eigenvalue weighted by molar-refractivity contribution is 7.99. The average Bonchev–Trinajstić information content (AvgIpc) is 3.17. The third kappa shape index (κ3) is 5.07. The Balaban J connectivity index is 1.33. The lowest BCUT2D eigenvalue weighted by molar-refractivity contribution is -0.113. The van der Waals surface area contributed by atoms with Gasteiger partial charge in [0.25, 0.3) is 0 Å². The van der Waals surface area contributed by atoms with Gasteiger partial charge < -0.3 is 19.4 Å². The van der Waals surface area contributed by atoms with Gasteiger partial charge in [-0.2, -0.15) is 0 Å². The molecule has 1 N–H and O–H groups in total. The summed E-state index contributed by atoms with van der Waals surface area (Å²) in [6.07, 6.45) is 4.79. The molecule has 0 saturated carbocycles. The van der Waals surface area contributed by atoms with Crippen molar-refractivity contribution in [3.63, 3.8) is 0 Å². The first-order valence-electron chi connectivity index (χ1n) is 10.7. The van der Waals surface area contributed by atoms with Crippen LogP contribution in [0.4, 0.5) is 5.69 Å². The number of aromatic nitrogens is 3. The smallest absolute Gasteiger partial charge is 0.234 e. The molecule has 0 unspecified atom stereocenters. The molecule has 1 aliphatic carbocycles. The Kier molecular flexibility index (Phi) is 6.99. The molecule has 0 fully saturated rings. The van der Waals surface area contributed by atoms with Gasteiger partial charge in [-0.25, -0.2) is 0 Å². The highest BCUT2D eigenvalue weighted by Gasteiger charge is 2.16. The van der Waals surface area contributed by atoms with E-state index in [1.807, 2.05) is 29.8 Å². The summed E-state index contributed by atoms with van der Waals surface area (Å²) in [6, 6.07) is 11.5. The van der Waals surface area contributed by atoms with E-state index in [0.717, 1.165) is 24.4 Å². The van der Waals surface area contributed by atoms with Crippen LogP contribution in [-0.4, -0.2) is 33.5 Å². The van der Waals surface area contributed by atoms with Crippen LogP contribution in [0.2, 0.25) is 0 Å². The predicted octanol–water partition coefficient (Wildman–Crippen LogP) is 4.32. The van der Waals surface area contributed by atoms with E-state index in [2.05, 4.69) is 34.6 Å². The van der Waals surface area contributed by atoms with Gasteiger partial charge in [-0.05, 0) is 67.5 Å². The molecule has 7 nitrogen and oxygen atoms in total. The van der Waals surface area contributed by atoms with Crippen molar-refractivity contribution in [2.24, 2.45) is 7.05 Å². The lowest BCUT2D eigenvalue weighted by atomic mass is 9.88. The molecule has 1 aliphatic rings. The van der Waals surface area contributed by atoms with Gasteiger partial charge in [0.15, 0.2) is 11.0 Å². The molecule has 1 aromatic heterocycles. The van der Waals surface area contributed by atoms with E-state index < -0.39 is 0 Å². The Labute approximate surface area is 192 Å². The second-order valence-corrected chi connectivity index (χ2v) is 8.79. The summed E-state index contributed by atoms with van der Waals surface area (Å²) < 4.78 is 13.1. The number of ether oxygens (including phenoxy) is 2. The van der Waals surface area contributed by atoms with E-state index in [9.17, 15) is 4.79 Å². The first-order valence-corrected chi connectivity index (χ1v) is 11.7. The third-order valence-electron chi connectivity index (χ3n) is 5.74. The summed E-state index contributed by atoms with van der Waals surface area (Å²) in [5, 5.41) is 12.0. The minimum Gasteiger partial charge on any atom is -0.497 e. The zero-order valence-corrected chi connectivity index (χ0v) is 19.5. The first kappa shape index (κ1) is 22.2. The van der Waals surface area contributed by atoms with Crippen molar-refractivity contribution < 1.29 is 14.3 Å². The maximum absolute atomic E-state index is 12.3. The number of thioether (sulfide) groups is 1. The van der Waals surface area contributed by atoms with Crippen LogP contribution in [0.3, 0.4) is 0 Å². The molecule has 4 rings (SSSR count). The largest absolute Gasteiger partial charge is 0.497 e. The Hall–Kier alpha value is -3.00. The zero-order valence-electron chi connectivity index (χ0n) is 18.7. The number of rotatable bonds is 8. The molecule has 8 heteroatoms. The minimum absolute atomic E-state index is 0.117. The monoisotopic (exact) mass is 452 g/mol. The summed E-state index contributed by atoms with van der Waals surface area (Å²) >= 11 is 1.34. The molecule has 1 heterocycles. The van der Waals surface area contributed by atoms with Gasteiger partial charge in [0.1, 0.15) is 18.1 Å². The fourth-order valence-electron chi connectivity index (χ4n) is 3.91. The normalized spacial score (nSPS) is 12.8. The fourth-order valence-corrected chi connectivity index (χ4v) is 4.64. The Morgan fingerprint density at radius 3 is 2.88 bits per heavy atom. The second kappa shape index (κ2) is 10.1. The molecule has 3 aromatic rings. The number of hydrogen-bond donors (Lipinski definition) is 1. The SMILES string of the molecule is COc1cccc(NC(=O)CSc2nnc(COc3ccc4c(c3C)CCCC4)n2C)c1. The van der Waals surface area contributed by atoms with Crippen LogP contribution < -0.4 is 14.8 Å². The fraction of sp³-hybridized carbons (Fsp3) is 0.375. The van der Waals surface area contributed by atoms with E-state index in [0.29, 0.717) is 23.2 Å². The van der Waals surface area contributed by atoms with Crippen LogP contribution in [-0.2, 0) is 31.3 Å². The number of carbonyl (C=O) groups excluding carboxylic acids is 1. The summed E-state index contributed by atoms with van der Waals surface area (Å²) in [5.74, 6) is 2.43. The average molecular weight is 453 g/mol. The Morgan fingerprint density at radius 1 is 1.19 bits per heavy atom. The molecule has 0 bridgehead atoms. The molecular formula is C24H28N4O3S. The van der Waals surface area contributed by atoms with Gasteiger partial charge in [-0.15, -0.1) is 10.2 Å². The maximum atomic E-state index is 12.3. The summed E-state index contributed by atoms with van der Waals surface area (Å²) in [4.78, 5) is 12.3. The lowest BCUT2D eigenvalue weighted by Crippen LogP contribution is -2.14. The summed E-state index contributed by atoms with van der Waals surface area (Å²) in [5.41, 5.74) is 4.81. The highest BCUT2D eigenvalue weighted by atomic mass is 32.2. The Morgan fingerprint density at radius 2 is 2.03 bits per heavy atom. The molecule has 0 saturated heterocycles. The summed E-state index contributed by atoms with van der Waals surface area (Å²) in [7, 11) is 3.49. The van der Waals surface area contributed by atoms with E-state index in [4.69, 9.17) is 9.47 Å². The van der Waals surface area contributed by atoms with E-state index in [-0.39, 0.29) is 11.7 Å². The van der Waals surface area contributed by atoms with Gasteiger partial charge in [0.2, 0.25) is 5.91 Å². The topological polar surface area (TPSA) is 78.3 Å². The highest BCUT2D eigenvalue weighted by Crippen LogP contribution is 2.31. The van der Waals surface area contributed by atoms with E-state index >= 15 is 0 Å². The first-order chi connectivity index (χ1) is 15.5. The van der Waals surface area contributed by atoms with Crippen molar-refractivity contribution in [3.05, 3.63) is 58.9 Å². The number of fused-ring (bicyclic) bond motifs is 1. The quantitative estimate of drug-likeness (QED) is 0.513. The van der Waals surface area contributed by atoms with Crippen molar-refractivity contribution in [2.75, 3.05) is 18.2 Å². The molecule has 32 heavy (non-hydrogen) atoms. The van der Waals surface area contributed by atoms with Gasteiger partial charge in [-0.3, -0.25) is 4.79 Å². The number of carbonyl (C=O) groups is 1. The third-order valence-corrected chi connectivity index (χ3v) is 6.76. The Bertz CT molecular complexity index is 1110. The molecule has 1 amide bonds. The van der Waals surface area contributed by atoms with Crippen LogP contribution in [0.25, 0.3) is 0 Å². The number of benzene rings is 2. The van der Waals surface area contributed by atoms with Gasteiger partial charge in [-0.1, -0.05) is 23.9 Å². The zero-order chi connectivity index (χ0) is 22.5. The van der Waals surface area contributed by atoms with E-state index in [1.54, 1.807) is 13.2 Å². The van der Waals surface area contributed by atoms with Crippen molar-refractivity contribution in [2.45, 2.75) is 44.4 Å². The molecule has 168 valence electrons. The van der Waals surface area contributed by atoms with Crippen LogP contribution in [0.1, 0.15) is 35.4 Å². The van der Waals surface area contributed by atoms with Crippen molar-refractivity contribution in [3.8, 4) is 11.5 Å². The number of anilines is 1. The van der Waals surface area contributed by atoms with Gasteiger partial charge in [0.05, 0.1) is 12.9 Å². The molecule has 0 atom stereocenters. The van der Waals surface area contributed by atoms with Crippen LogP contribution in [0.15, 0.2) is 41.6 Å². The van der Waals surface area contributed by atoms with Crippen molar-refractivity contribution in [1.29, 1.82) is 0 Å². The van der Waals surface area contributed by atoms with E-state index in [1.165, 1.54) is 41.3 Å². The number of methoxy groups -OCH3 is 1. The second-order valence-electron chi connectivity index (χ2n) is 7.85. The summed E-state index contributed by atoms with van der Waals surface area (Å²) in [6.45, 7) is 2.47. The van der Waals surface area contributed by atoms with Gasteiger partial charge >= 0.3 is 0 Å². The van der Waals surface area contributed by atoms with Crippen LogP contribution in [0.5, 0.6) is 11.5 Å². The number of amides is 1. The van der Waals surface area contributed by atoms with Crippen LogP contribution >= 0.6 is 11.8 Å². The lowest BCUT2D eigenvalue weighted by Gasteiger charge is -2.20. The number of nitrogens with one attached hydrogen (secondary N) is 1. The maximum Gasteiger partial charge on any atom is 0.234 e. The number of hydrogen-bond acceptors (Lipinski definition) is 6. The molecule has 0 spiro atoms. The van der Waals surface area contributed by atoms with Gasteiger partial charge in [0, 0.05) is 18.8 Å².